The maximum absolute atomic E-state index is 12.3. The van der Waals surface area contributed by atoms with Crippen molar-refractivity contribution in [2.45, 2.75) is 31.1 Å². The molecule has 0 radical (unpaired) electrons. The lowest BCUT2D eigenvalue weighted by Gasteiger charge is -2.06. The number of alkyl halides is 1. The van der Waals surface area contributed by atoms with Gasteiger partial charge in [-0.05, 0) is 59.6 Å². The zero-order valence-electron chi connectivity index (χ0n) is 14.5. The number of carbonyl (C=O) groups excluding carboxylic acids is 3. The molecule has 4 nitrogen and oxygen atoms in total. The molecule has 2 aromatic carbocycles. The first-order valence-electron chi connectivity index (χ1n) is 8.14. The second-order valence-electron chi connectivity index (χ2n) is 5.88. The van der Waals surface area contributed by atoms with Gasteiger partial charge in [0.25, 0.3) is 5.12 Å². The molecule has 0 amide bonds. The van der Waals surface area contributed by atoms with Crippen molar-refractivity contribution in [2.75, 3.05) is 5.88 Å². The SMILES string of the molecule is CC(C)c1ccc(SC(=O)C(=O)c2ccc(OC(=O)CCCl)cc2)cc1. The summed E-state index contributed by atoms with van der Waals surface area (Å²) in [6.45, 7) is 4.18. The number of carbonyl (C=O) groups is 3. The molecule has 136 valence electrons. The Morgan fingerprint density at radius 2 is 1.62 bits per heavy atom. The van der Waals surface area contributed by atoms with Crippen molar-refractivity contribution in [1.29, 1.82) is 0 Å². The molecule has 0 spiro atoms. The number of ether oxygens (including phenoxy) is 1. The molecule has 0 saturated heterocycles. The first kappa shape index (κ1) is 20.2. The third-order valence-corrected chi connectivity index (χ3v) is 4.66. The highest BCUT2D eigenvalue weighted by atomic mass is 35.5. The lowest BCUT2D eigenvalue weighted by atomic mass is 10.0. The first-order chi connectivity index (χ1) is 12.4. The predicted octanol–water partition coefficient (Wildman–Crippen LogP) is 4.85. The number of rotatable bonds is 7. The van der Waals surface area contributed by atoms with Crippen LogP contribution in [0.2, 0.25) is 0 Å². The van der Waals surface area contributed by atoms with E-state index in [9.17, 15) is 14.4 Å². The van der Waals surface area contributed by atoms with Gasteiger partial charge in [0, 0.05) is 16.3 Å². The van der Waals surface area contributed by atoms with Crippen molar-refractivity contribution in [3.8, 4) is 5.75 Å². The molecule has 6 heteroatoms. The van der Waals surface area contributed by atoms with Crippen molar-refractivity contribution in [3.05, 3.63) is 59.7 Å². The number of hydrogen-bond acceptors (Lipinski definition) is 5. The fraction of sp³-hybridized carbons (Fsp3) is 0.250. The van der Waals surface area contributed by atoms with E-state index in [0.717, 1.165) is 16.7 Å². The molecule has 2 aromatic rings. The molecule has 0 aliphatic carbocycles. The van der Waals surface area contributed by atoms with Gasteiger partial charge >= 0.3 is 5.97 Å². The fourth-order valence-electron chi connectivity index (χ4n) is 2.13. The van der Waals surface area contributed by atoms with E-state index in [1.165, 1.54) is 29.8 Å². The van der Waals surface area contributed by atoms with Gasteiger partial charge in [-0.3, -0.25) is 14.4 Å². The topological polar surface area (TPSA) is 60.4 Å². The third kappa shape index (κ3) is 5.71. The highest BCUT2D eigenvalue weighted by Crippen LogP contribution is 2.24. The van der Waals surface area contributed by atoms with Crippen LogP contribution in [0, 0.1) is 0 Å². The van der Waals surface area contributed by atoms with Crippen LogP contribution in [-0.2, 0) is 9.59 Å². The van der Waals surface area contributed by atoms with Crippen LogP contribution in [0.3, 0.4) is 0 Å². The van der Waals surface area contributed by atoms with Crippen LogP contribution in [-0.4, -0.2) is 22.7 Å². The summed E-state index contributed by atoms with van der Waals surface area (Å²) in [4.78, 5) is 36.6. The molecule has 0 fully saturated rings. The van der Waals surface area contributed by atoms with Crippen LogP contribution in [0.15, 0.2) is 53.4 Å². The summed E-state index contributed by atoms with van der Waals surface area (Å²) in [5.41, 5.74) is 1.42. The molecule has 0 N–H and O–H groups in total. The van der Waals surface area contributed by atoms with E-state index in [-0.39, 0.29) is 17.9 Å². The van der Waals surface area contributed by atoms with Crippen molar-refractivity contribution >= 4 is 40.2 Å². The second-order valence-corrected chi connectivity index (χ2v) is 7.30. The summed E-state index contributed by atoms with van der Waals surface area (Å²) in [6.07, 6.45) is 0.104. The molecule has 0 aromatic heterocycles. The van der Waals surface area contributed by atoms with Crippen LogP contribution in [0.1, 0.15) is 42.1 Å². The average Bonchev–Trinajstić information content (AvgIpc) is 2.62. The summed E-state index contributed by atoms with van der Waals surface area (Å²) in [5, 5.41) is -0.561. The van der Waals surface area contributed by atoms with Gasteiger partial charge in [-0.15, -0.1) is 11.6 Å². The van der Waals surface area contributed by atoms with Gasteiger partial charge in [0.15, 0.2) is 0 Å². The molecule has 0 aliphatic rings. The Hall–Kier alpha value is -2.11. The highest BCUT2D eigenvalue weighted by molar-refractivity contribution is 8.15. The largest absolute Gasteiger partial charge is 0.426 e. The van der Waals surface area contributed by atoms with Gasteiger partial charge in [0.2, 0.25) is 5.78 Å². The molecule has 0 bridgehead atoms. The first-order valence-corrected chi connectivity index (χ1v) is 9.49. The monoisotopic (exact) mass is 390 g/mol. The standard InChI is InChI=1S/C20H19ClO4S/c1-13(2)14-5-9-17(10-6-14)26-20(24)19(23)15-3-7-16(8-4-15)25-18(22)11-12-21/h3-10,13H,11-12H2,1-2H3. The maximum Gasteiger partial charge on any atom is 0.312 e. The lowest BCUT2D eigenvalue weighted by molar-refractivity contribution is -0.133. The normalized spacial score (nSPS) is 10.6. The summed E-state index contributed by atoms with van der Waals surface area (Å²) in [5.74, 6) is -0.152. The van der Waals surface area contributed by atoms with Crippen molar-refractivity contribution in [2.24, 2.45) is 0 Å². The minimum Gasteiger partial charge on any atom is -0.426 e. The Balaban J connectivity index is 1.99. The smallest absolute Gasteiger partial charge is 0.312 e. The van der Waals surface area contributed by atoms with Crippen LogP contribution < -0.4 is 4.74 Å². The van der Waals surface area contributed by atoms with Crippen molar-refractivity contribution in [3.63, 3.8) is 0 Å². The van der Waals surface area contributed by atoms with E-state index in [1.807, 2.05) is 24.3 Å². The van der Waals surface area contributed by atoms with Gasteiger partial charge in [-0.1, -0.05) is 26.0 Å². The lowest BCUT2D eigenvalue weighted by Crippen LogP contribution is -2.11. The molecule has 0 heterocycles. The van der Waals surface area contributed by atoms with Crippen LogP contribution in [0.4, 0.5) is 0 Å². The van der Waals surface area contributed by atoms with E-state index in [2.05, 4.69) is 13.8 Å². The van der Waals surface area contributed by atoms with Gasteiger partial charge in [-0.2, -0.15) is 0 Å². The summed E-state index contributed by atoms with van der Waals surface area (Å²) < 4.78 is 5.05. The Bertz CT molecular complexity index is 782. The molecule has 0 aliphatic heterocycles. The van der Waals surface area contributed by atoms with E-state index in [4.69, 9.17) is 16.3 Å². The van der Waals surface area contributed by atoms with Gasteiger partial charge in [0.05, 0.1) is 6.42 Å². The van der Waals surface area contributed by atoms with E-state index < -0.39 is 16.9 Å². The summed E-state index contributed by atoms with van der Waals surface area (Å²) in [7, 11) is 0. The second kappa shape index (κ2) is 9.55. The zero-order chi connectivity index (χ0) is 19.1. The predicted molar refractivity (Wildman–Crippen MR) is 103 cm³/mol. The number of benzene rings is 2. The van der Waals surface area contributed by atoms with E-state index >= 15 is 0 Å². The number of ketones is 1. The molecule has 0 saturated carbocycles. The molecular formula is C20H19ClO4S. The minimum atomic E-state index is -0.596. The van der Waals surface area contributed by atoms with Gasteiger partial charge in [-0.25, -0.2) is 0 Å². The molecular weight excluding hydrogens is 372 g/mol. The molecule has 2 rings (SSSR count). The van der Waals surface area contributed by atoms with Gasteiger partial charge < -0.3 is 4.74 Å². The molecule has 26 heavy (non-hydrogen) atoms. The quantitative estimate of drug-likeness (QED) is 0.169. The highest BCUT2D eigenvalue weighted by Gasteiger charge is 2.18. The van der Waals surface area contributed by atoms with Crippen LogP contribution in [0.25, 0.3) is 0 Å². The number of esters is 1. The number of Topliss-reactive ketones (excluding diaryl/α,β-unsaturated/α-hetero) is 1. The van der Waals surface area contributed by atoms with Crippen LogP contribution >= 0.6 is 23.4 Å². The Kier molecular flexibility index (Phi) is 7.42. The number of thioether (sulfide) groups is 1. The fourth-order valence-corrected chi connectivity index (χ4v) is 2.98. The van der Waals surface area contributed by atoms with Crippen molar-refractivity contribution < 1.29 is 19.1 Å². The van der Waals surface area contributed by atoms with E-state index in [1.54, 1.807) is 0 Å². The summed E-state index contributed by atoms with van der Waals surface area (Å²) in [6, 6.07) is 13.5. The van der Waals surface area contributed by atoms with Crippen molar-refractivity contribution in [1.82, 2.24) is 0 Å². The van der Waals surface area contributed by atoms with E-state index in [0.29, 0.717) is 11.7 Å². The number of hydrogen-bond donors (Lipinski definition) is 0. The Morgan fingerprint density at radius 1 is 1.00 bits per heavy atom. The minimum absolute atomic E-state index is 0.104. The Labute approximate surface area is 161 Å². The maximum atomic E-state index is 12.3. The molecule has 0 atom stereocenters. The third-order valence-electron chi connectivity index (χ3n) is 3.59. The van der Waals surface area contributed by atoms with Gasteiger partial charge in [0.1, 0.15) is 5.75 Å². The zero-order valence-corrected chi connectivity index (χ0v) is 16.1. The Morgan fingerprint density at radius 3 is 2.15 bits per heavy atom. The average molecular weight is 391 g/mol. The molecule has 0 unspecified atom stereocenters. The summed E-state index contributed by atoms with van der Waals surface area (Å²) >= 11 is 6.37. The van der Waals surface area contributed by atoms with Crippen LogP contribution in [0.5, 0.6) is 5.75 Å². The number of halogens is 1.